The number of carbonyl (C=O) groups excluding carboxylic acids is 1. The lowest BCUT2D eigenvalue weighted by Crippen LogP contribution is -2.32. The summed E-state index contributed by atoms with van der Waals surface area (Å²) in [7, 11) is 0. The van der Waals surface area contributed by atoms with E-state index in [1.54, 1.807) is 0 Å². The lowest BCUT2D eigenvalue weighted by molar-refractivity contribution is -0.117. The van der Waals surface area contributed by atoms with Gasteiger partial charge in [0.05, 0.1) is 22.6 Å². The number of anilines is 1. The molecule has 0 saturated carbocycles. The number of para-hydroxylation sites is 1. The maximum absolute atomic E-state index is 12.2. The van der Waals surface area contributed by atoms with Crippen molar-refractivity contribution in [3.05, 3.63) is 85.3 Å². The van der Waals surface area contributed by atoms with Crippen LogP contribution in [0.1, 0.15) is 11.6 Å². The van der Waals surface area contributed by atoms with Gasteiger partial charge in [0.25, 0.3) is 0 Å². The van der Waals surface area contributed by atoms with Crippen molar-refractivity contribution in [1.29, 1.82) is 0 Å². The van der Waals surface area contributed by atoms with Gasteiger partial charge in [-0.25, -0.2) is 9.97 Å². The van der Waals surface area contributed by atoms with Gasteiger partial charge in [-0.2, -0.15) is 0 Å². The van der Waals surface area contributed by atoms with Crippen molar-refractivity contribution < 1.29 is 4.79 Å². The molecule has 0 aliphatic carbocycles. The molecule has 0 saturated heterocycles. The Morgan fingerprint density at radius 2 is 1.94 bits per heavy atom. The number of nitrogen functional groups attached to an aromatic ring is 1. The van der Waals surface area contributed by atoms with Crippen molar-refractivity contribution >= 4 is 33.7 Å². The van der Waals surface area contributed by atoms with Gasteiger partial charge in [0.2, 0.25) is 5.91 Å². The molecule has 0 spiro atoms. The van der Waals surface area contributed by atoms with Gasteiger partial charge in [0.15, 0.2) is 0 Å². The summed E-state index contributed by atoms with van der Waals surface area (Å²) in [5.74, 6) is 0.192. The van der Waals surface area contributed by atoms with Crippen molar-refractivity contribution in [2.75, 3.05) is 5.73 Å². The largest absolute Gasteiger partial charge is 0.383 e. The highest BCUT2D eigenvalue weighted by molar-refractivity contribution is 6.09. The van der Waals surface area contributed by atoms with E-state index in [9.17, 15) is 4.79 Å². The first kappa shape index (κ1) is 19.2. The molecule has 1 atom stereocenters. The number of aromatic nitrogens is 4. The first-order valence-electron chi connectivity index (χ1n) is 10.7. The molecule has 33 heavy (non-hydrogen) atoms. The van der Waals surface area contributed by atoms with Crippen LogP contribution in [0.5, 0.6) is 0 Å². The minimum absolute atomic E-state index is 0.220. The van der Waals surface area contributed by atoms with Crippen molar-refractivity contribution in [2.45, 2.75) is 12.6 Å². The van der Waals surface area contributed by atoms with E-state index in [1.165, 1.54) is 12.4 Å². The standard InChI is InChI=1S/C26H20N6O/c1-2-21(33)31-20-13-32-24(18-9-5-4-8-17(18)20)22(23-25(27)29-14-30-26(23)32)16-11-15-7-3-6-10-19(15)28-12-16/h2-12,14,20H,1,13H2,(H,31,33)(H2,27,29,30)/t20-/m1/s1. The Morgan fingerprint density at radius 3 is 2.82 bits per heavy atom. The maximum atomic E-state index is 12.2. The summed E-state index contributed by atoms with van der Waals surface area (Å²) >= 11 is 0. The molecular formula is C26H20N6O. The van der Waals surface area contributed by atoms with Gasteiger partial charge in [-0.15, -0.1) is 0 Å². The molecule has 1 aliphatic heterocycles. The SMILES string of the molecule is C=CC(=O)N[C@@H]1Cn2c(c(-c3cnc4ccccc4c3)c3c(N)ncnc32)-c2ccccc21. The zero-order valence-corrected chi connectivity index (χ0v) is 17.7. The van der Waals surface area contributed by atoms with Crippen LogP contribution >= 0.6 is 0 Å². The number of benzene rings is 2. The smallest absolute Gasteiger partial charge is 0.243 e. The van der Waals surface area contributed by atoms with Gasteiger partial charge < -0.3 is 15.6 Å². The predicted octanol–water partition coefficient (Wildman–Crippen LogP) is 4.25. The highest BCUT2D eigenvalue weighted by Crippen LogP contribution is 2.47. The molecule has 7 nitrogen and oxygen atoms in total. The number of hydrogen-bond donors (Lipinski definition) is 2. The number of nitrogens with one attached hydrogen (secondary N) is 1. The van der Waals surface area contributed by atoms with Crippen LogP contribution in [-0.4, -0.2) is 25.4 Å². The van der Waals surface area contributed by atoms with Crippen LogP contribution in [-0.2, 0) is 11.3 Å². The number of fused-ring (bicyclic) bond motifs is 6. The zero-order chi connectivity index (χ0) is 22.5. The number of amides is 1. The van der Waals surface area contributed by atoms with E-state index in [0.29, 0.717) is 12.4 Å². The van der Waals surface area contributed by atoms with Crippen LogP contribution in [0.3, 0.4) is 0 Å². The Morgan fingerprint density at radius 1 is 1.12 bits per heavy atom. The average Bonchev–Trinajstić information content (AvgIpc) is 3.19. The molecule has 6 rings (SSSR count). The summed E-state index contributed by atoms with van der Waals surface area (Å²) in [4.78, 5) is 25.7. The molecule has 3 N–H and O–H groups in total. The molecule has 160 valence electrons. The van der Waals surface area contributed by atoms with E-state index < -0.39 is 0 Å². The molecule has 4 heterocycles. The van der Waals surface area contributed by atoms with Gasteiger partial charge in [-0.3, -0.25) is 9.78 Å². The Kier molecular flexibility index (Phi) is 4.23. The molecule has 5 aromatic rings. The van der Waals surface area contributed by atoms with Gasteiger partial charge in [-0.05, 0) is 23.8 Å². The van der Waals surface area contributed by atoms with Gasteiger partial charge >= 0.3 is 0 Å². The molecular weight excluding hydrogens is 412 g/mol. The molecule has 0 radical (unpaired) electrons. The van der Waals surface area contributed by atoms with Crippen molar-refractivity contribution in [3.8, 4) is 22.4 Å². The third-order valence-corrected chi connectivity index (χ3v) is 6.21. The topological polar surface area (TPSA) is 98.7 Å². The summed E-state index contributed by atoms with van der Waals surface area (Å²) in [6.45, 7) is 4.11. The summed E-state index contributed by atoms with van der Waals surface area (Å²) < 4.78 is 2.12. The fraction of sp³-hybridized carbons (Fsp3) is 0.0769. The number of hydrogen-bond acceptors (Lipinski definition) is 5. The normalized spacial score (nSPS) is 14.6. The minimum atomic E-state index is -0.228. The minimum Gasteiger partial charge on any atom is -0.383 e. The van der Waals surface area contributed by atoms with E-state index >= 15 is 0 Å². The van der Waals surface area contributed by atoms with E-state index in [1.807, 2.05) is 48.7 Å². The third kappa shape index (κ3) is 2.90. The highest BCUT2D eigenvalue weighted by atomic mass is 16.1. The fourth-order valence-corrected chi connectivity index (χ4v) is 4.79. The Labute approximate surface area is 189 Å². The second-order valence-corrected chi connectivity index (χ2v) is 8.06. The summed E-state index contributed by atoms with van der Waals surface area (Å²) in [6, 6.07) is 18.0. The molecule has 7 heteroatoms. The molecule has 3 aromatic heterocycles. The quantitative estimate of drug-likeness (QED) is 0.415. The number of nitrogens with two attached hydrogens (primary N) is 1. The Hall–Kier alpha value is -4.52. The molecule has 0 unspecified atom stereocenters. The number of rotatable bonds is 3. The van der Waals surface area contributed by atoms with E-state index in [-0.39, 0.29) is 11.9 Å². The van der Waals surface area contributed by atoms with Crippen LogP contribution in [0.2, 0.25) is 0 Å². The summed E-state index contributed by atoms with van der Waals surface area (Å²) in [5.41, 5.74) is 13.0. The van der Waals surface area contributed by atoms with Crippen molar-refractivity contribution in [1.82, 2.24) is 24.8 Å². The highest BCUT2D eigenvalue weighted by Gasteiger charge is 2.32. The van der Waals surface area contributed by atoms with E-state index in [2.05, 4.69) is 43.5 Å². The lowest BCUT2D eigenvalue weighted by atomic mass is 9.90. The summed E-state index contributed by atoms with van der Waals surface area (Å²) in [5, 5.41) is 4.88. The van der Waals surface area contributed by atoms with Gasteiger partial charge in [0.1, 0.15) is 17.8 Å². The first-order valence-corrected chi connectivity index (χ1v) is 10.7. The van der Waals surface area contributed by atoms with Crippen LogP contribution in [0.25, 0.3) is 44.3 Å². The molecule has 1 aliphatic rings. The average molecular weight is 432 g/mol. The molecule has 1 amide bonds. The maximum Gasteiger partial charge on any atom is 0.243 e. The van der Waals surface area contributed by atoms with Crippen LogP contribution in [0, 0.1) is 0 Å². The van der Waals surface area contributed by atoms with E-state index in [4.69, 9.17) is 5.73 Å². The van der Waals surface area contributed by atoms with Crippen molar-refractivity contribution in [2.24, 2.45) is 0 Å². The Balaban J connectivity index is 1.68. The van der Waals surface area contributed by atoms with Gasteiger partial charge in [-0.1, -0.05) is 49.0 Å². The van der Waals surface area contributed by atoms with Crippen LogP contribution < -0.4 is 11.1 Å². The number of nitrogens with zero attached hydrogens (tertiary/aromatic N) is 4. The van der Waals surface area contributed by atoms with E-state index in [0.717, 1.165) is 49.9 Å². The number of pyridine rings is 1. The monoisotopic (exact) mass is 432 g/mol. The van der Waals surface area contributed by atoms with Crippen LogP contribution in [0.4, 0.5) is 5.82 Å². The number of carbonyl (C=O) groups is 1. The van der Waals surface area contributed by atoms with Gasteiger partial charge in [0, 0.05) is 34.8 Å². The first-order chi connectivity index (χ1) is 16.2. The Bertz CT molecular complexity index is 1590. The van der Waals surface area contributed by atoms with Crippen molar-refractivity contribution in [3.63, 3.8) is 0 Å². The predicted molar refractivity (Wildman–Crippen MR) is 129 cm³/mol. The molecule has 2 aromatic carbocycles. The zero-order valence-electron chi connectivity index (χ0n) is 17.7. The van der Waals surface area contributed by atoms with Crippen LogP contribution in [0.15, 0.2) is 79.8 Å². The lowest BCUT2D eigenvalue weighted by Gasteiger charge is -2.29. The second-order valence-electron chi connectivity index (χ2n) is 8.06. The third-order valence-electron chi connectivity index (χ3n) is 6.21. The fourth-order valence-electron chi connectivity index (χ4n) is 4.79. The molecule has 0 fully saturated rings. The second kappa shape index (κ2) is 7.27. The summed E-state index contributed by atoms with van der Waals surface area (Å²) in [6.07, 6.45) is 4.64. The molecule has 0 bridgehead atoms.